The van der Waals surface area contributed by atoms with Crippen LogP contribution in [-0.4, -0.2) is 19.4 Å². The van der Waals surface area contributed by atoms with Crippen molar-refractivity contribution in [2.24, 2.45) is 0 Å². The Morgan fingerprint density at radius 1 is 1.14 bits per heavy atom. The molecule has 6 heteroatoms. The van der Waals surface area contributed by atoms with Gasteiger partial charge in [-0.15, -0.1) is 0 Å². The lowest BCUT2D eigenvalue weighted by Gasteiger charge is -2.23. The van der Waals surface area contributed by atoms with Crippen LogP contribution in [0.5, 0.6) is 0 Å². The highest BCUT2D eigenvalue weighted by Crippen LogP contribution is 2.36. The first-order valence-corrected chi connectivity index (χ1v) is 8.03. The molecule has 1 heterocycles. The van der Waals surface area contributed by atoms with E-state index < -0.39 is 10.0 Å². The number of aromatic nitrogens is 1. The predicted molar refractivity (Wildman–Crippen MR) is 78.1 cm³/mol. The summed E-state index contributed by atoms with van der Waals surface area (Å²) in [7, 11) is -3.79. The van der Waals surface area contributed by atoms with E-state index >= 15 is 0 Å². The van der Waals surface area contributed by atoms with E-state index in [9.17, 15) is 8.42 Å². The van der Waals surface area contributed by atoms with Gasteiger partial charge < -0.3 is 0 Å². The maximum atomic E-state index is 12.9. The van der Waals surface area contributed by atoms with Crippen molar-refractivity contribution in [3.05, 3.63) is 54.2 Å². The average Bonchev–Trinajstić information content (AvgIpc) is 3.33. The number of nitriles is 1. The van der Waals surface area contributed by atoms with Crippen molar-refractivity contribution < 1.29 is 8.42 Å². The molecular weight excluding hydrogens is 286 g/mol. The van der Waals surface area contributed by atoms with E-state index in [1.54, 1.807) is 36.5 Å². The topological polar surface area (TPSA) is 74.1 Å². The van der Waals surface area contributed by atoms with E-state index in [1.165, 1.54) is 16.4 Å². The fourth-order valence-corrected chi connectivity index (χ4v) is 4.00. The highest BCUT2D eigenvalue weighted by molar-refractivity contribution is 7.93. The van der Waals surface area contributed by atoms with Crippen molar-refractivity contribution in [3.63, 3.8) is 0 Å². The molecule has 0 amide bonds. The number of nitrogens with zero attached hydrogens (tertiary/aromatic N) is 3. The van der Waals surface area contributed by atoms with Crippen LogP contribution in [0.3, 0.4) is 0 Å². The molecule has 1 aromatic heterocycles. The van der Waals surface area contributed by atoms with Crippen LogP contribution in [0.2, 0.25) is 0 Å². The summed E-state index contributed by atoms with van der Waals surface area (Å²) in [4.78, 5) is 4.18. The molecule has 0 unspecified atom stereocenters. The van der Waals surface area contributed by atoms with E-state index in [0.717, 1.165) is 12.8 Å². The quantitative estimate of drug-likeness (QED) is 0.868. The number of sulfonamides is 1. The number of hydrogen-bond donors (Lipinski definition) is 0. The van der Waals surface area contributed by atoms with Crippen molar-refractivity contribution in [1.82, 2.24) is 4.98 Å². The van der Waals surface area contributed by atoms with Gasteiger partial charge in [0.15, 0.2) is 0 Å². The third-order valence-electron chi connectivity index (χ3n) is 3.30. The number of pyridine rings is 1. The van der Waals surface area contributed by atoms with E-state index in [2.05, 4.69) is 4.98 Å². The molecule has 0 radical (unpaired) electrons. The molecule has 106 valence electrons. The Morgan fingerprint density at radius 3 is 2.48 bits per heavy atom. The molecule has 0 bridgehead atoms. The summed E-state index contributed by atoms with van der Waals surface area (Å²) in [6, 6.07) is 13.3. The molecule has 0 N–H and O–H groups in total. The van der Waals surface area contributed by atoms with Crippen molar-refractivity contribution in [2.75, 3.05) is 4.31 Å². The summed E-state index contributed by atoms with van der Waals surface area (Å²) in [5.74, 6) is 0.396. The number of benzene rings is 1. The summed E-state index contributed by atoms with van der Waals surface area (Å²) in [5, 5.41) is 9.14. The fraction of sp³-hybridized carbons (Fsp3) is 0.200. The normalized spacial score (nSPS) is 14.4. The SMILES string of the molecule is N#Cc1ccccc1S(=O)(=O)N(c1ccccn1)C1CC1. The highest BCUT2D eigenvalue weighted by atomic mass is 32.2. The van der Waals surface area contributed by atoms with E-state index in [1.807, 2.05) is 6.07 Å². The van der Waals surface area contributed by atoms with Crippen LogP contribution in [0.1, 0.15) is 18.4 Å². The first kappa shape index (κ1) is 13.6. The molecular formula is C15H13N3O2S. The molecule has 0 atom stereocenters. The first-order chi connectivity index (χ1) is 10.1. The molecule has 0 saturated heterocycles. The van der Waals surface area contributed by atoms with Crippen LogP contribution in [0.25, 0.3) is 0 Å². The second-order valence-electron chi connectivity index (χ2n) is 4.83. The average molecular weight is 299 g/mol. The molecule has 0 aliphatic heterocycles. The van der Waals surface area contributed by atoms with Gasteiger partial charge in [-0.05, 0) is 37.1 Å². The Kier molecular flexibility index (Phi) is 3.35. The largest absolute Gasteiger partial charge is 0.267 e. The van der Waals surface area contributed by atoms with Crippen molar-refractivity contribution in [1.29, 1.82) is 5.26 Å². The lowest BCUT2D eigenvalue weighted by Crippen LogP contribution is -2.34. The molecule has 1 aliphatic carbocycles. The van der Waals surface area contributed by atoms with Crippen LogP contribution in [0.4, 0.5) is 5.82 Å². The molecule has 0 spiro atoms. The lowest BCUT2D eigenvalue weighted by atomic mass is 10.2. The molecule has 1 aromatic carbocycles. The third kappa shape index (κ3) is 2.48. The van der Waals surface area contributed by atoms with E-state index in [4.69, 9.17) is 5.26 Å². The minimum atomic E-state index is -3.79. The van der Waals surface area contributed by atoms with Crippen LogP contribution in [0.15, 0.2) is 53.6 Å². The summed E-state index contributed by atoms with van der Waals surface area (Å²) in [5.41, 5.74) is 0.152. The van der Waals surface area contributed by atoms with Gasteiger partial charge in [-0.2, -0.15) is 5.26 Å². The Labute approximate surface area is 123 Å². The minimum absolute atomic E-state index is 0.0325. The van der Waals surface area contributed by atoms with E-state index in [0.29, 0.717) is 5.82 Å². The standard InChI is InChI=1S/C15H13N3O2S/c16-11-12-5-1-2-6-14(12)21(19,20)18(13-8-9-13)15-7-3-4-10-17-15/h1-7,10,13H,8-9H2. The van der Waals surface area contributed by atoms with Gasteiger partial charge in [0.1, 0.15) is 16.8 Å². The monoisotopic (exact) mass is 299 g/mol. The van der Waals surface area contributed by atoms with Gasteiger partial charge in [-0.25, -0.2) is 17.7 Å². The third-order valence-corrected chi connectivity index (χ3v) is 5.21. The minimum Gasteiger partial charge on any atom is -0.247 e. The van der Waals surface area contributed by atoms with Gasteiger partial charge in [0.05, 0.1) is 5.56 Å². The maximum Gasteiger partial charge on any atom is 0.267 e. The van der Waals surface area contributed by atoms with Crippen LogP contribution in [0, 0.1) is 11.3 Å². The first-order valence-electron chi connectivity index (χ1n) is 6.59. The van der Waals surface area contributed by atoms with Crippen molar-refractivity contribution in [3.8, 4) is 6.07 Å². The van der Waals surface area contributed by atoms with Crippen LogP contribution >= 0.6 is 0 Å². The molecule has 21 heavy (non-hydrogen) atoms. The van der Waals surface area contributed by atoms with E-state index in [-0.39, 0.29) is 16.5 Å². The molecule has 5 nitrogen and oxygen atoms in total. The second kappa shape index (κ2) is 5.19. The summed E-state index contributed by atoms with van der Waals surface area (Å²) < 4.78 is 27.2. The zero-order valence-corrected chi connectivity index (χ0v) is 12.0. The van der Waals surface area contributed by atoms with Gasteiger partial charge in [-0.1, -0.05) is 18.2 Å². The van der Waals surface area contributed by atoms with Crippen molar-refractivity contribution in [2.45, 2.75) is 23.8 Å². The maximum absolute atomic E-state index is 12.9. The molecule has 1 saturated carbocycles. The molecule has 3 rings (SSSR count). The van der Waals surface area contributed by atoms with Gasteiger partial charge in [0, 0.05) is 12.2 Å². The Balaban J connectivity index is 2.13. The van der Waals surface area contributed by atoms with Gasteiger partial charge in [0.2, 0.25) is 0 Å². The smallest absolute Gasteiger partial charge is 0.247 e. The van der Waals surface area contributed by atoms with Crippen molar-refractivity contribution >= 4 is 15.8 Å². The summed E-state index contributed by atoms with van der Waals surface area (Å²) >= 11 is 0. The zero-order chi connectivity index (χ0) is 14.9. The lowest BCUT2D eigenvalue weighted by molar-refractivity contribution is 0.589. The second-order valence-corrected chi connectivity index (χ2v) is 6.61. The predicted octanol–water partition coefficient (Wildman–Crippen LogP) is 2.31. The zero-order valence-electron chi connectivity index (χ0n) is 11.2. The van der Waals surface area contributed by atoms with Crippen LogP contribution in [-0.2, 0) is 10.0 Å². The number of rotatable bonds is 4. The van der Waals surface area contributed by atoms with Gasteiger partial charge in [0.25, 0.3) is 10.0 Å². The summed E-state index contributed by atoms with van der Waals surface area (Å²) in [6.45, 7) is 0. The Hall–Kier alpha value is -2.39. The molecule has 1 aliphatic rings. The summed E-state index contributed by atoms with van der Waals surface area (Å²) in [6.07, 6.45) is 3.19. The number of hydrogen-bond acceptors (Lipinski definition) is 4. The Morgan fingerprint density at radius 2 is 1.86 bits per heavy atom. The fourth-order valence-electron chi connectivity index (χ4n) is 2.19. The van der Waals surface area contributed by atoms with Gasteiger partial charge in [-0.3, -0.25) is 0 Å². The highest BCUT2D eigenvalue weighted by Gasteiger charge is 2.39. The molecule has 1 fully saturated rings. The number of anilines is 1. The molecule has 2 aromatic rings. The van der Waals surface area contributed by atoms with Gasteiger partial charge >= 0.3 is 0 Å². The Bertz CT molecular complexity index is 793. The van der Waals surface area contributed by atoms with Crippen LogP contribution < -0.4 is 4.31 Å².